The van der Waals surface area contributed by atoms with Crippen molar-refractivity contribution in [1.82, 2.24) is 10.2 Å². The van der Waals surface area contributed by atoms with Gasteiger partial charge in [-0.05, 0) is 87.4 Å². The number of nitrogens with one attached hydrogen (secondary N) is 1. The Kier molecular flexibility index (Phi) is 15.7. The maximum absolute atomic E-state index is 14.7. The fourth-order valence-corrected chi connectivity index (χ4v) is 10.5. The minimum atomic E-state index is -1.38. The molecule has 17 nitrogen and oxygen atoms in total. The quantitative estimate of drug-likeness (QED) is 0.207. The summed E-state index contributed by atoms with van der Waals surface area (Å²) in [5, 5.41) is 14.6. The second-order valence-electron chi connectivity index (χ2n) is 19.5. The summed E-state index contributed by atoms with van der Waals surface area (Å²) in [4.78, 5) is 47.6. The van der Waals surface area contributed by atoms with Gasteiger partial charge in [0.25, 0.3) is 0 Å². The van der Waals surface area contributed by atoms with Gasteiger partial charge in [0.1, 0.15) is 29.5 Å². The highest BCUT2D eigenvalue weighted by Gasteiger charge is 2.59. The first-order valence-electron chi connectivity index (χ1n) is 23.0. The van der Waals surface area contributed by atoms with Crippen molar-refractivity contribution in [2.75, 3.05) is 27.7 Å². The molecule has 4 saturated heterocycles. The molecule has 0 radical (unpaired) electrons. The number of esters is 1. The number of amides is 1. The van der Waals surface area contributed by atoms with Crippen LogP contribution < -0.4 is 5.32 Å². The number of carbonyl (C=O) groups excluding carboxylic acids is 3. The molecule has 0 saturated carbocycles. The molecule has 6 rings (SSSR count). The van der Waals surface area contributed by atoms with Gasteiger partial charge in [0.2, 0.25) is 0 Å². The Hall–Kier alpha value is -3.58. The van der Waals surface area contributed by atoms with E-state index in [0.717, 1.165) is 5.56 Å². The second kappa shape index (κ2) is 20.1. The Balaban J connectivity index is 1.34. The molecule has 0 spiro atoms. The van der Waals surface area contributed by atoms with E-state index in [4.69, 9.17) is 52.4 Å². The van der Waals surface area contributed by atoms with Crippen molar-refractivity contribution in [3.63, 3.8) is 0 Å². The van der Waals surface area contributed by atoms with Crippen LogP contribution in [0, 0.1) is 17.8 Å². The van der Waals surface area contributed by atoms with Crippen LogP contribution in [0.2, 0.25) is 0 Å². The molecule has 17 heteroatoms. The number of fused-ring (bicyclic) bond motifs is 3. The van der Waals surface area contributed by atoms with Gasteiger partial charge in [-0.25, -0.2) is 14.6 Å². The number of methoxy groups -OCH3 is 1. The van der Waals surface area contributed by atoms with Gasteiger partial charge in [0, 0.05) is 44.4 Å². The molecule has 5 aliphatic rings. The van der Waals surface area contributed by atoms with Gasteiger partial charge in [0.15, 0.2) is 36.3 Å². The van der Waals surface area contributed by atoms with Gasteiger partial charge in [-0.2, -0.15) is 0 Å². The van der Waals surface area contributed by atoms with Crippen LogP contribution in [0.15, 0.2) is 35.3 Å². The van der Waals surface area contributed by atoms with E-state index in [1.807, 2.05) is 97.8 Å². The summed E-state index contributed by atoms with van der Waals surface area (Å²) < 4.78 is 63.7. The molecule has 18 atom stereocenters. The third-order valence-electron chi connectivity index (χ3n) is 14.1. The molecule has 5 heterocycles. The molecule has 5 aliphatic heterocycles. The summed E-state index contributed by atoms with van der Waals surface area (Å²) in [5.41, 5.74) is -2.48. The summed E-state index contributed by atoms with van der Waals surface area (Å²) in [6, 6.07) is 8.92. The van der Waals surface area contributed by atoms with Gasteiger partial charge < -0.3 is 62.7 Å². The van der Waals surface area contributed by atoms with Crippen molar-refractivity contribution in [2.24, 2.45) is 22.7 Å². The van der Waals surface area contributed by atoms with E-state index in [0.29, 0.717) is 38.1 Å². The van der Waals surface area contributed by atoms with Gasteiger partial charge in [-0.3, -0.25) is 4.79 Å². The van der Waals surface area contributed by atoms with Crippen LogP contribution in [0.1, 0.15) is 100 Å². The Morgan fingerprint density at radius 2 is 1.66 bits per heavy atom. The number of rotatable bonds is 11. The van der Waals surface area contributed by atoms with Crippen LogP contribution in [0.3, 0.4) is 0 Å². The molecular weight excluding hydrogens is 831 g/mol. The van der Waals surface area contributed by atoms with Crippen LogP contribution in [-0.4, -0.2) is 152 Å². The monoisotopic (exact) mass is 904 g/mol. The first kappa shape index (κ1) is 49.8. The van der Waals surface area contributed by atoms with Gasteiger partial charge in [0.05, 0.1) is 30.3 Å². The van der Waals surface area contributed by atoms with Crippen LogP contribution in [-0.2, 0) is 58.6 Å². The topological polar surface area (TPSA) is 191 Å². The predicted molar refractivity (Wildman–Crippen MR) is 233 cm³/mol. The van der Waals surface area contributed by atoms with E-state index in [9.17, 15) is 19.5 Å². The van der Waals surface area contributed by atoms with Gasteiger partial charge >= 0.3 is 18.2 Å². The minimum absolute atomic E-state index is 0.114. The average molecular weight is 904 g/mol. The van der Waals surface area contributed by atoms with Crippen LogP contribution >= 0.6 is 0 Å². The number of benzene rings is 1. The molecular formula is C47H73N3O14. The maximum Gasteiger partial charge on any atom is 0.509 e. The predicted octanol–water partition coefficient (Wildman–Crippen LogP) is 5.56. The fourth-order valence-electron chi connectivity index (χ4n) is 10.5. The highest BCUT2D eigenvalue weighted by Crippen LogP contribution is 2.45. The molecule has 1 aromatic carbocycles. The number of nitrogens with zero attached hydrogens (tertiary/aromatic N) is 2. The van der Waals surface area contributed by atoms with Crippen LogP contribution in [0.5, 0.6) is 0 Å². The highest BCUT2D eigenvalue weighted by atomic mass is 16.8. The summed E-state index contributed by atoms with van der Waals surface area (Å²) in [7, 11) is 5.36. The van der Waals surface area contributed by atoms with Crippen LogP contribution in [0.4, 0.5) is 9.59 Å². The normalized spacial score (nSPS) is 42.9. The van der Waals surface area contributed by atoms with E-state index >= 15 is 0 Å². The average Bonchev–Trinajstić information content (AvgIpc) is 3.72. The second-order valence-corrected chi connectivity index (χ2v) is 19.5. The number of aliphatic imine (C=N–C) groups is 1. The molecule has 0 unspecified atom stereocenters. The summed E-state index contributed by atoms with van der Waals surface area (Å²) in [6.07, 6.45) is -7.97. The Bertz CT molecular complexity index is 1800. The lowest BCUT2D eigenvalue weighted by atomic mass is 9.79. The van der Waals surface area contributed by atoms with Gasteiger partial charge in [-0.1, -0.05) is 51.1 Å². The Labute approximate surface area is 378 Å². The van der Waals surface area contributed by atoms with E-state index in [1.165, 1.54) is 0 Å². The van der Waals surface area contributed by atoms with E-state index in [1.54, 1.807) is 27.9 Å². The summed E-state index contributed by atoms with van der Waals surface area (Å²) in [5.74, 6) is -2.03. The fraction of sp³-hybridized carbons (Fsp3) is 0.787. The molecule has 4 fully saturated rings. The van der Waals surface area contributed by atoms with Crippen LogP contribution in [0.25, 0.3) is 0 Å². The molecule has 0 aromatic heterocycles. The number of aliphatic hydroxyl groups excluding tert-OH is 1. The lowest BCUT2D eigenvalue weighted by molar-refractivity contribution is -0.315. The van der Waals surface area contributed by atoms with Crippen molar-refractivity contribution in [3.05, 3.63) is 35.9 Å². The third-order valence-corrected chi connectivity index (χ3v) is 14.1. The van der Waals surface area contributed by atoms with E-state index in [2.05, 4.69) is 5.32 Å². The highest BCUT2D eigenvalue weighted by molar-refractivity contribution is 5.81. The molecule has 360 valence electrons. The zero-order valence-electron chi connectivity index (χ0n) is 39.9. The Morgan fingerprint density at radius 1 is 0.953 bits per heavy atom. The zero-order chi connectivity index (χ0) is 46.9. The van der Waals surface area contributed by atoms with Crippen molar-refractivity contribution < 1.29 is 66.9 Å². The third kappa shape index (κ3) is 10.5. The standard InChI is InChI=1S/C47H73N3O14/c1-14-33-47(10)38(62-44(54)64-47)29(6)49-40-25(2)23-46(9,63-40)37(60-42-35(51)32(50(11)12)22-26(3)56-42)27(4)36(28(5)41(52)58-33)59-34-24-45(8,55-13)39(30(7)57-34)61-43(53)48-21-20-31-18-16-15-17-19-31/h15-19,25-30,32-39,42,51H,14,20-24H2,1-13H3,(H,48,53)/t25-,26-,27+,28-,29-,30+,32+,33-,34+,35-,36+,37-,38-,39+,42+,45-,46+,47+/m1/s1. The number of aliphatic hydroxyl groups is 1. The lowest BCUT2D eigenvalue weighted by Gasteiger charge is -2.49. The van der Waals surface area contributed by atoms with Crippen molar-refractivity contribution >= 4 is 24.1 Å². The van der Waals surface area contributed by atoms with Crippen molar-refractivity contribution in [2.45, 2.75) is 192 Å². The smallest absolute Gasteiger partial charge is 0.472 e. The van der Waals surface area contributed by atoms with E-state index in [-0.39, 0.29) is 24.5 Å². The summed E-state index contributed by atoms with van der Waals surface area (Å²) >= 11 is 0. The Morgan fingerprint density at radius 3 is 2.31 bits per heavy atom. The number of hydrogen-bond donors (Lipinski definition) is 2. The van der Waals surface area contributed by atoms with Gasteiger partial charge in [-0.15, -0.1) is 0 Å². The first-order chi connectivity index (χ1) is 30.1. The molecule has 1 amide bonds. The lowest BCUT2D eigenvalue weighted by Crippen LogP contribution is -2.61. The largest absolute Gasteiger partial charge is 0.509 e. The molecule has 2 bridgehead atoms. The SMILES string of the molecule is CC[C@H]1OC(=O)[C@H](C)[C@@H](O[C@H]2C[C@@](C)(OC)[C@@H](OC(=O)NCCc3ccccc3)[C@H](C)O2)[C@H](C)[C@@H](O[C@@H]2O[C@H](C)C[C@H](N(C)C)[C@H]2O)[C@]2(C)C[C@@H](C)C(=N[C@H](C)[C@H]3OC(=O)O[C@]31C)O2. The molecule has 1 aromatic rings. The molecule has 2 N–H and O–H groups in total. The zero-order valence-corrected chi connectivity index (χ0v) is 39.9. The number of carbonyl (C=O) groups is 3. The maximum atomic E-state index is 14.7. The number of cyclic esters (lactones) is 1. The van der Waals surface area contributed by atoms with Crippen molar-refractivity contribution in [3.8, 4) is 0 Å². The minimum Gasteiger partial charge on any atom is -0.472 e. The number of likely N-dealkylation sites (N-methyl/N-ethyl adjacent to an activating group) is 1. The number of alkyl carbamates (subject to hydrolysis) is 1. The number of ether oxygens (including phenoxy) is 10. The summed E-state index contributed by atoms with van der Waals surface area (Å²) in [6.45, 7) is 18.8. The van der Waals surface area contributed by atoms with Crippen molar-refractivity contribution in [1.29, 1.82) is 0 Å². The first-order valence-corrected chi connectivity index (χ1v) is 23.0. The number of hydrogen-bond acceptors (Lipinski definition) is 16. The molecule has 64 heavy (non-hydrogen) atoms. The van der Waals surface area contributed by atoms with E-state index < -0.39 is 108 Å². The molecule has 0 aliphatic carbocycles.